The number of halogens is 1. The summed E-state index contributed by atoms with van der Waals surface area (Å²) in [6.45, 7) is 6.70. The Bertz CT molecular complexity index is 602. The molecule has 0 aliphatic heterocycles. The molecule has 0 spiro atoms. The Morgan fingerprint density at radius 1 is 1.10 bits per heavy atom. The minimum absolute atomic E-state index is 0.0750. The molecule has 2 aromatic carbocycles. The first kappa shape index (κ1) is 15.9. The smallest absolute Gasteiger partial charge is 0.141 e. The van der Waals surface area contributed by atoms with Gasteiger partial charge < -0.3 is 10.5 Å². The van der Waals surface area contributed by atoms with Crippen LogP contribution in [0.3, 0.4) is 0 Å². The molecule has 2 nitrogen and oxygen atoms in total. The molecular weight excluding hydrogens is 282 g/mol. The van der Waals surface area contributed by atoms with Crippen molar-refractivity contribution in [1.29, 1.82) is 0 Å². The maximum absolute atomic E-state index is 6.29. The lowest BCUT2D eigenvalue weighted by Gasteiger charge is -2.16. The van der Waals surface area contributed by atoms with Gasteiger partial charge in [-0.3, -0.25) is 0 Å². The standard InChI is InChI=1S/C18H22ClNO/c1-12-6-4-7-13(2)16(12)11-21-18-15(10-14(3)20)8-5-9-17(18)19/h4-9,14H,10-11,20H2,1-3H3. The van der Waals surface area contributed by atoms with Gasteiger partial charge in [0.25, 0.3) is 0 Å². The van der Waals surface area contributed by atoms with E-state index in [0.29, 0.717) is 11.6 Å². The van der Waals surface area contributed by atoms with Crippen molar-refractivity contribution in [2.45, 2.75) is 39.8 Å². The molecule has 112 valence electrons. The van der Waals surface area contributed by atoms with Gasteiger partial charge in [0, 0.05) is 6.04 Å². The van der Waals surface area contributed by atoms with Crippen LogP contribution in [0.1, 0.15) is 29.2 Å². The van der Waals surface area contributed by atoms with Crippen molar-refractivity contribution in [2.24, 2.45) is 5.73 Å². The Kier molecular flexibility index (Phi) is 5.27. The highest BCUT2D eigenvalue weighted by molar-refractivity contribution is 6.32. The molecule has 3 heteroatoms. The number of ether oxygens (including phenoxy) is 1. The van der Waals surface area contributed by atoms with E-state index >= 15 is 0 Å². The first-order chi connectivity index (χ1) is 9.99. The predicted octanol–water partition coefficient (Wildman–Crippen LogP) is 4.43. The van der Waals surface area contributed by atoms with Crippen LogP contribution in [0.5, 0.6) is 5.75 Å². The normalized spacial score (nSPS) is 12.2. The quantitative estimate of drug-likeness (QED) is 0.887. The molecule has 0 aliphatic carbocycles. The second kappa shape index (κ2) is 6.97. The van der Waals surface area contributed by atoms with Crippen LogP contribution in [0.4, 0.5) is 0 Å². The van der Waals surface area contributed by atoms with Crippen LogP contribution in [0.2, 0.25) is 5.02 Å². The van der Waals surface area contributed by atoms with E-state index in [0.717, 1.165) is 17.7 Å². The number of para-hydroxylation sites is 1. The van der Waals surface area contributed by atoms with E-state index in [1.807, 2.05) is 25.1 Å². The number of hydrogen-bond donors (Lipinski definition) is 1. The van der Waals surface area contributed by atoms with E-state index in [-0.39, 0.29) is 6.04 Å². The van der Waals surface area contributed by atoms with Crippen molar-refractivity contribution in [2.75, 3.05) is 0 Å². The second-order valence-corrected chi connectivity index (χ2v) is 5.98. The fourth-order valence-electron chi connectivity index (χ4n) is 2.44. The second-order valence-electron chi connectivity index (χ2n) is 5.57. The third-order valence-corrected chi connectivity index (χ3v) is 3.89. The van der Waals surface area contributed by atoms with Crippen molar-refractivity contribution in [1.82, 2.24) is 0 Å². The fraction of sp³-hybridized carbons (Fsp3) is 0.333. The SMILES string of the molecule is Cc1cccc(C)c1COc1c(Cl)cccc1CC(C)N. The zero-order chi connectivity index (χ0) is 15.4. The van der Waals surface area contributed by atoms with Crippen LogP contribution in [0, 0.1) is 13.8 Å². The van der Waals surface area contributed by atoms with Gasteiger partial charge in [-0.25, -0.2) is 0 Å². The Hall–Kier alpha value is -1.51. The van der Waals surface area contributed by atoms with Crippen molar-refractivity contribution in [3.05, 3.63) is 63.7 Å². The van der Waals surface area contributed by atoms with E-state index in [1.54, 1.807) is 0 Å². The lowest BCUT2D eigenvalue weighted by molar-refractivity contribution is 0.301. The van der Waals surface area contributed by atoms with Crippen LogP contribution in [0.25, 0.3) is 0 Å². The van der Waals surface area contributed by atoms with Gasteiger partial charge in [-0.05, 0) is 55.5 Å². The highest BCUT2D eigenvalue weighted by Crippen LogP contribution is 2.30. The molecule has 0 amide bonds. The lowest BCUT2D eigenvalue weighted by atomic mass is 10.0. The molecule has 0 saturated carbocycles. The molecule has 21 heavy (non-hydrogen) atoms. The summed E-state index contributed by atoms with van der Waals surface area (Å²) in [7, 11) is 0. The molecule has 1 atom stereocenters. The molecule has 0 aromatic heterocycles. The molecule has 0 fully saturated rings. The fourth-order valence-corrected chi connectivity index (χ4v) is 2.69. The molecule has 0 radical (unpaired) electrons. The maximum atomic E-state index is 6.29. The van der Waals surface area contributed by atoms with E-state index in [9.17, 15) is 0 Å². The molecule has 0 saturated heterocycles. The summed E-state index contributed by atoms with van der Waals surface area (Å²) in [5.41, 5.74) is 10.6. The topological polar surface area (TPSA) is 35.2 Å². The lowest BCUT2D eigenvalue weighted by Crippen LogP contribution is -2.18. The number of benzene rings is 2. The van der Waals surface area contributed by atoms with Crippen LogP contribution in [-0.2, 0) is 13.0 Å². The summed E-state index contributed by atoms with van der Waals surface area (Å²) < 4.78 is 6.03. The number of nitrogens with two attached hydrogens (primary N) is 1. The first-order valence-electron chi connectivity index (χ1n) is 7.20. The van der Waals surface area contributed by atoms with Gasteiger partial charge in [0.2, 0.25) is 0 Å². The molecule has 1 unspecified atom stereocenters. The Labute approximate surface area is 131 Å². The maximum Gasteiger partial charge on any atom is 0.141 e. The molecule has 2 aromatic rings. The third kappa shape index (κ3) is 3.99. The molecular formula is C18H22ClNO. The third-order valence-electron chi connectivity index (χ3n) is 3.60. The van der Waals surface area contributed by atoms with E-state index in [2.05, 4.69) is 32.0 Å². The van der Waals surface area contributed by atoms with Crippen LogP contribution in [0.15, 0.2) is 36.4 Å². The summed E-state index contributed by atoms with van der Waals surface area (Å²) >= 11 is 6.29. The van der Waals surface area contributed by atoms with Gasteiger partial charge >= 0.3 is 0 Å². The summed E-state index contributed by atoms with van der Waals surface area (Å²) in [6.07, 6.45) is 0.753. The first-order valence-corrected chi connectivity index (χ1v) is 7.57. The highest BCUT2D eigenvalue weighted by atomic mass is 35.5. The van der Waals surface area contributed by atoms with Crippen molar-refractivity contribution in [3.63, 3.8) is 0 Å². The number of aryl methyl sites for hydroxylation is 2. The number of hydrogen-bond acceptors (Lipinski definition) is 2. The van der Waals surface area contributed by atoms with Gasteiger partial charge in [0.15, 0.2) is 0 Å². The molecule has 2 rings (SSSR count). The summed E-state index contributed by atoms with van der Waals surface area (Å²) in [4.78, 5) is 0. The van der Waals surface area contributed by atoms with Gasteiger partial charge in [0.05, 0.1) is 5.02 Å². The van der Waals surface area contributed by atoms with Gasteiger partial charge in [0.1, 0.15) is 12.4 Å². The van der Waals surface area contributed by atoms with Crippen molar-refractivity contribution >= 4 is 11.6 Å². The minimum atomic E-state index is 0.0750. The van der Waals surface area contributed by atoms with E-state index < -0.39 is 0 Å². The Morgan fingerprint density at radius 3 is 2.33 bits per heavy atom. The van der Waals surface area contributed by atoms with Crippen LogP contribution < -0.4 is 10.5 Å². The van der Waals surface area contributed by atoms with Gasteiger partial charge in [-0.2, -0.15) is 0 Å². The monoisotopic (exact) mass is 303 g/mol. The molecule has 0 aliphatic rings. The average molecular weight is 304 g/mol. The van der Waals surface area contributed by atoms with Crippen LogP contribution in [-0.4, -0.2) is 6.04 Å². The number of rotatable bonds is 5. The Morgan fingerprint density at radius 2 is 1.71 bits per heavy atom. The van der Waals surface area contributed by atoms with Crippen LogP contribution >= 0.6 is 11.6 Å². The zero-order valence-corrected chi connectivity index (χ0v) is 13.6. The molecule has 0 heterocycles. The van der Waals surface area contributed by atoms with Gasteiger partial charge in [-0.15, -0.1) is 0 Å². The largest absolute Gasteiger partial charge is 0.487 e. The zero-order valence-electron chi connectivity index (χ0n) is 12.8. The van der Waals surface area contributed by atoms with E-state index in [1.165, 1.54) is 16.7 Å². The summed E-state index contributed by atoms with van der Waals surface area (Å²) in [5.74, 6) is 0.749. The predicted molar refractivity (Wildman–Crippen MR) is 89.1 cm³/mol. The minimum Gasteiger partial charge on any atom is -0.487 e. The van der Waals surface area contributed by atoms with E-state index in [4.69, 9.17) is 22.1 Å². The van der Waals surface area contributed by atoms with Crippen molar-refractivity contribution in [3.8, 4) is 5.75 Å². The Balaban J connectivity index is 2.24. The molecule has 2 N–H and O–H groups in total. The van der Waals surface area contributed by atoms with Gasteiger partial charge in [-0.1, -0.05) is 41.9 Å². The highest BCUT2D eigenvalue weighted by Gasteiger charge is 2.11. The average Bonchev–Trinajstić information content (AvgIpc) is 2.40. The summed E-state index contributed by atoms with van der Waals surface area (Å²) in [5, 5.41) is 0.638. The summed E-state index contributed by atoms with van der Waals surface area (Å²) in [6, 6.07) is 12.1. The van der Waals surface area contributed by atoms with Crippen molar-refractivity contribution < 1.29 is 4.74 Å². The molecule has 0 bridgehead atoms.